The average Bonchev–Trinajstić information content (AvgIpc) is 2.70. The Kier molecular flexibility index (Phi) is 5.05. The van der Waals surface area contributed by atoms with Crippen LogP contribution < -0.4 is 5.32 Å². The van der Waals surface area contributed by atoms with Gasteiger partial charge in [-0.05, 0) is 18.8 Å². The monoisotopic (exact) mass is 214 g/mol. The van der Waals surface area contributed by atoms with Gasteiger partial charge in [-0.1, -0.05) is 13.8 Å². The van der Waals surface area contributed by atoms with Gasteiger partial charge in [-0.3, -0.25) is 4.79 Å². The summed E-state index contributed by atoms with van der Waals surface area (Å²) < 4.78 is 0. The number of nitrogens with zero attached hydrogens (tertiary/aromatic N) is 1. The second-order valence-electron chi connectivity index (χ2n) is 4.53. The third kappa shape index (κ3) is 4.18. The molecule has 0 spiro atoms. The molecule has 1 aliphatic heterocycles. The van der Waals surface area contributed by atoms with Crippen LogP contribution in [-0.2, 0) is 4.79 Å². The molecule has 4 heteroatoms. The SMILES string of the molecule is CC(C)C(O)CNCC(=O)N1CCCC1. The smallest absolute Gasteiger partial charge is 0.236 e. The van der Waals surface area contributed by atoms with Crippen LogP contribution >= 0.6 is 0 Å². The van der Waals surface area contributed by atoms with Crippen LogP contribution in [0.15, 0.2) is 0 Å². The fraction of sp³-hybridized carbons (Fsp3) is 0.909. The number of hydrogen-bond donors (Lipinski definition) is 2. The largest absolute Gasteiger partial charge is 0.392 e. The van der Waals surface area contributed by atoms with Crippen LogP contribution in [0.4, 0.5) is 0 Å². The van der Waals surface area contributed by atoms with Crippen LogP contribution in [0.3, 0.4) is 0 Å². The summed E-state index contributed by atoms with van der Waals surface area (Å²) in [5.41, 5.74) is 0. The zero-order valence-corrected chi connectivity index (χ0v) is 9.70. The van der Waals surface area contributed by atoms with Gasteiger partial charge in [0.05, 0.1) is 12.6 Å². The van der Waals surface area contributed by atoms with E-state index in [1.807, 2.05) is 18.7 Å². The van der Waals surface area contributed by atoms with Crippen LogP contribution in [0.1, 0.15) is 26.7 Å². The predicted octanol–water partition coefficient (Wildman–Crippen LogP) is 0.215. The van der Waals surface area contributed by atoms with Gasteiger partial charge >= 0.3 is 0 Å². The Balaban J connectivity index is 2.11. The lowest BCUT2D eigenvalue weighted by Crippen LogP contribution is -2.39. The Morgan fingerprint density at radius 3 is 2.53 bits per heavy atom. The van der Waals surface area contributed by atoms with Gasteiger partial charge in [0.15, 0.2) is 0 Å². The van der Waals surface area contributed by atoms with E-state index in [9.17, 15) is 9.90 Å². The zero-order valence-electron chi connectivity index (χ0n) is 9.70. The molecule has 0 aromatic carbocycles. The summed E-state index contributed by atoms with van der Waals surface area (Å²) in [5, 5.41) is 12.5. The Labute approximate surface area is 91.6 Å². The van der Waals surface area contributed by atoms with Gasteiger partial charge < -0.3 is 15.3 Å². The topological polar surface area (TPSA) is 52.6 Å². The molecule has 1 heterocycles. The summed E-state index contributed by atoms with van der Waals surface area (Å²) in [6.45, 7) is 6.57. The molecule has 15 heavy (non-hydrogen) atoms. The lowest BCUT2D eigenvalue weighted by atomic mass is 10.1. The van der Waals surface area contributed by atoms with Gasteiger partial charge in [0.25, 0.3) is 0 Å². The highest BCUT2D eigenvalue weighted by Gasteiger charge is 2.17. The first-order valence-corrected chi connectivity index (χ1v) is 5.78. The van der Waals surface area contributed by atoms with Crippen molar-refractivity contribution in [2.75, 3.05) is 26.2 Å². The number of rotatable bonds is 5. The number of carbonyl (C=O) groups is 1. The quantitative estimate of drug-likeness (QED) is 0.688. The predicted molar refractivity (Wildman–Crippen MR) is 59.5 cm³/mol. The zero-order chi connectivity index (χ0) is 11.3. The second kappa shape index (κ2) is 6.08. The van der Waals surface area contributed by atoms with Crippen molar-refractivity contribution in [3.8, 4) is 0 Å². The van der Waals surface area contributed by atoms with Gasteiger partial charge in [-0.25, -0.2) is 0 Å². The van der Waals surface area contributed by atoms with E-state index in [1.54, 1.807) is 0 Å². The molecule has 1 amide bonds. The van der Waals surface area contributed by atoms with Crippen molar-refractivity contribution >= 4 is 5.91 Å². The molecule has 1 unspecified atom stereocenters. The first-order chi connectivity index (χ1) is 7.11. The lowest BCUT2D eigenvalue weighted by Gasteiger charge is -2.18. The number of nitrogens with one attached hydrogen (secondary N) is 1. The van der Waals surface area contributed by atoms with Crippen LogP contribution in [0.2, 0.25) is 0 Å². The maximum absolute atomic E-state index is 11.6. The van der Waals surface area contributed by atoms with Crippen molar-refractivity contribution in [2.45, 2.75) is 32.8 Å². The van der Waals surface area contributed by atoms with Crippen molar-refractivity contribution in [1.29, 1.82) is 0 Å². The third-order valence-electron chi connectivity index (χ3n) is 2.86. The molecule has 0 aliphatic carbocycles. The highest BCUT2D eigenvalue weighted by atomic mass is 16.3. The molecule has 4 nitrogen and oxygen atoms in total. The van der Waals surface area contributed by atoms with Crippen LogP contribution in [-0.4, -0.2) is 48.2 Å². The van der Waals surface area contributed by atoms with E-state index >= 15 is 0 Å². The molecule has 2 N–H and O–H groups in total. The van der Waals surface area contributed by atoms with Crippen LogP contribution in [0.25, 0.3) is 0 Å². The number of aliphatic hydroxyl groups is 1. The molecular formula is C11H22N2O2. The number of amides is 1. The first-order valence-electron chi connectivity index (χ1n) is 5.78. The van der Waals surface area contributed by atoms with E-state index in [2.05, 4.69) is 5.32 Å². The first kappa shape index (κ1) is 12.5. The van der Waals surface area contributed by atoms with Gasteiger partial charge in [0, 0.05) is 19.6 Å². The summed E-state index contributed by atoms with van der Waals surface area (Å²) in [4.78, 5) is 13.5. The highest BCUT2D eigenvalue weighted by Crippen LogP contribution is 2.06. The summed E-state index contributed by atoms with van der Waals surface area (Å²) in [5.74, 6) is 0.392. The van der Waals surface area contributed by atoms with Gasteiger partial charge in [-0.15, -0.1) is 0 Å². The Hall–Kier alpha value is -0.610. The molecule has 1 aliphatic rings. The van der Waals surface area contributed by atoms with Crippen molar-refractivity contribution < 1.29 is 9.90 Å². The molecule has 88 valence electrons. The maximum atomic E-state index is 11.6. The summed E-state index contributed by atoms with van der Waals surface area (Å²) in [6, 6.07) is 0. The Bertz CT molecular complexity index is 201. The van der Waals surface area contributed by atoms with Crippen LogP contribution in [0, 0.1) is 5.92 Å². The maximum Gasteiger partial charge on any atom is 0.236 e. The molecule has 0 bridgehead atoms. The van der Waals surface area contributed by atoms with E-state index in [1.165, 1.54) is 0 Å². The average molecular weight is 214 g/mol. The molecule has 0 saturated carbocycles. The van der Waals surface area contributed by atoms with Crippen molar-refractivity contribution in [3.63, 3.8) is 0 Å². The lowest BCUT2D eigenvalue weighted by molar-refractivity contribution is -0.129. The Morgan fingerprint density at radius 1 is 1.40 bits per heavy atom. The minimum Gasteiger partial charge on any atom is -0.392 e. The summed E-state index contributed by atoms with van der Waals surface area (Å²) in [7, 11) is 0. The molecule has 0 aromatic rings. The standard InChI is InChI=1S/C11H22N2O2/c1-9(2)10(14)7-12-8-11(15)13-5-3-4-6-13/h9-10,12,14H,3-8H2,1-2H3. The molecule has 0 radical (unpaired) electrons. The number of aliphatic hydroxyl groups excluding tert-OH is 1. The third-order valence-corrected chi connectivity index (χ3v) is 2.86. The van der Waals surface area contributed by atoms with Crippen molar-refractivity contribution in [1.82, 2.24) is 10.2 Å². The van der Waals surface area contributed by atoms with Gasteiger partial charge in [-0.2, -0.15) is 0 Å². The molecule has 1 fully saturated rings. The highest BCUT2D eigenvalue weighted by molar-refractivity contribution is 5.78. The van der Waals surface area contributed by atoms with Crippen molar-refractivity contribution in [3.05, 3.63) is 0 Å². The number of likely N-dealkylation sites (tertiary alicyclic amines) is 1. The number of hydrogen-bond acceptors (Lipinski definition) is 3. The van der Waals surface area contributed by atoms with Gasteiger partial charge in [0.1, 0.15) is 0 Å². The van der Waals surface area contributed by atoms with E-state index in [0.29, 0.717) is 13.1 Å². The minimum absolute atomic E-state index is 0.156. The normalized spacial score (nSPS) is 18.5. The van der Waals surface area contributed by atoms with E-state index < -0.39 is 0 Å². The summed E-state index contributed by atoms with van der Waals surface area (Å²) >= 11 is 0. The molecule has 1 rings (SSSR count). The molecule has 1 atom stereocenters. The number of carbonyl (C=O) groups excluding carboxylic acids is 1. The molecular weight excluding hydrogens is 192 g/mol. The summed E-state index contributed by atoms with van der Waals surface area (Å²) in [6.07, 6.45) is 1.89. The Morgan fingerprint density at radius 2 is 2.00 bits per heavy atom. The van der Waals surface area contributed by atoms with E-state index in [0.717, 1.165) is 25.9 Å². The fourth-order valence-electron chi connectivity index (χ4n) is 1.64. The van der Waals surface area contributed by atoms with Gasteiger partial charge in [0.2, 0.25) is 5.91 Å². The molecule has 1 saturated heterocycles. The fourth-order valence-corrected chi connectivity index (χ4v) is 1.64. The van der Waals surface area contributed by atoms with E-state index in [-0.39, 0.29) is 17.9 Å². The molecule has 0 aromatic heterocycles. The second-order valence-corrected chi connectivity index (χ2v) is 4.53. The van der Waals surface area contributed by atoms with Crippen molar-refractivity contribution in [2.24, 2.45) is 5.92 Å². The van der Waals surface area contributed by atoms with E-state index in [4.69, 9.17) is 0 Å². The minimum atomic E-state index is -0.364. The van der Waals surface area contributed by atoms with Crippen LogP contribution in [0.5, 0.6) is 0 Å².